The van der Waals surface area contributed by atoms with Gasteiger partial charge in [0.05, 0.1) is 5.52 Å². The average Bonchev–Trinajstić information content (AvgIpc) is 3.77. The highest BCUT2D eigenvalue weighted by Crippen LogP contribution is 2.53. The van der Waals surface area contributed by atoms with Gasteiger partial charge in [-0.1, -0.05) is 84.9 Å². The SMILES string of the molecule is CC(C)(C)OC(=O)n1cc(CC(NC(=O)[C@@H]2CCCN2C(=O)OCc2ccccc2)P(=O)(Oc2ccccc2)Oc2ccccc2)c2ccccc21. The van der Waals surface area contributed by atoms with Gasteiger partial charge in [0.25, 0.3) is 0 Å². The molecule has 0 saturated carbocycles. The van der Waals surface area contributed by atoms with Crippen molar-refractivity contribution in [3.63, 3.8) is 0 Å². The summed E-state index contributed by atoms with van der Waals surface area (Å²) in [6, 6.07) is 32.8. The van der Waals surface area contributed by atoms with E-state index in [0.29, 0.717) is 35.9 Å². The third kappa shape index (κ3) is 8.84. The predicted octanol–water partition coefficient (Wildman–Crippen LogP) is 8.56. The Hall–Kier alpha value is -5.54. The molecule has 12 heteroatoms. The second kappa shape index (κ2) is 15.8. The van der Waals surface area contributed by atoms with E-state index in [9.17, 15) is 14.4 Å². The van der Waals surface area contributed by atoms with Gasteiger partial charge in [0.15, 0.2) is 5.78 Å². The van der Waals surface area contributed by atoms with E-state index in [1.54, 1.807) is 99.8 Å². The molecule has 1 saturated heterocycles. The summed E-state index contributed by atoms with van der Waals surface area (Å²) >= 11 is 0. The third-order valence-electron chi connectivity index (χ3n) is 8.44. The van der Waals surface area contributed by atoms with Crippen molar-refractivity contribution in [2.75, 3.05) is 6.54 Å². The summed E-state index contributed by atoms with van der Waals surface area (Å²) < 4.78 is 40.4. The minimum absolute atomic E-state index is 0.0554. The van der Waals surface area contributed by atoms with Crippen LogP contribution in [0, 0.1) is 0 Å². The summed E-state index contributed by atoms with van der Waals surface area (Å²) in [5.74, 6) is -1.28. The molecule has 1 aliphatic rings. The first-order valence-electron chi connectivity index (χ1n) is 17.2. The number of nitrogens with zero attached hydrogens (tertiary/aromatic N) is 2. The van der Waals surface area contributed by atoms with Crippen LogP contribution < -0.4 is 14.4 Å². The van der Waals surface area contributed by atoms with Crippen LogP contribution in [0.5, 0.6) is 11.5 Å². The monoisotopic (exact) mass is 723 g/mol. The highest BCUT2D eigenvalue weighted by molar-refractivity contribution is 7.55. The van der Waals surface area contributed by atoms with E-state index in [4.69, 9.17) is 18.5 Å². The first-order chi connectivity index (χ1) is 25.0. The highest BCUT2D eigenvalue weighted by atomic mass is 31.2. The zero-order valence-electron chi connectivity index (χ0n) is 29.3. The summed E-state index contributed by atoms with van der Waals surface area (Å²) in [7, 11) is -4.35. The first kappa shape index (κ1) is 36.3. The Kier molecular flexibility index (Phi) is 11.0. The van der Waals surface area contributed by atoms with Crippen LogP contribution in [0.25, 0.3) is 10.9 Å². The minimum Gasteiger partial charge on any atom is -0.445 e. The van der Waals surface area contributed by atoms with Gasteiger partial charge in [-0.05, 0) is 75.1 Å². The second-order valence-electron chi connectivity index (χ2n) is 13.5. The zero-order valence-corrected chi connectivity index (χ0v) is 30.2. The van der Waals surface area contributed by atoms with Gasteiger partial charge in [0.1, 0.15) is 29.7 Å². The Morgan fingerprint density at radius 3 is 2.00 bits per heavy atom. The smallest absolute Gasteiger partial charge is 0.445 e. The standard InChI is InChI=1S/C40H42N3O8P/c1-40(2,3)49-39(46)43-27-30(33-22-13-14-23-34(33)43)26-36(52(47,50-31-18-9-5-10-19-31)51-32-20-11-6-12-21-32)41-37(44)35-24-15-25-42(35)38(45)48-28-29-16-7-4-8-17-29/h4-14,16-23,27,35-36H,15,24-26,28H2,1-3H3,(H,41,44)/t35-,36?/m0/s1. The summed E-state index contributed by atoms with van der Waals surface area (Å²) in [4.78, 5) is 42.3. The quantitative estimate of drug-likeness (QED) is 0.134. The van der Waals surface area contributed by atoms with Gasteiger partial charge in [0, 0.05) is 24.5 Å². The van der Waals surface area contributed by atoms with E-state index in [2.05, 4.69) is 5.32 Å². The van der Waals surface area contributed by atoms with Gasteiger partial charge in [-0.3, -0.25) is 14.3 Å². The van der Waals surface area contributed by atoms with Crippen molar-refractivity contribution in [2.45, 2.75) is 64.1 Å². The van der Waals surface area contributed by atoms with E-state index in [0.717, 1.165) is 5.56 Å². The maximum absolute atomic E-state index is 15.3. The number of hydrogen-bond donors (Lipinski definition) is 1. The number of fused-ring (bicyclic) bond motifs is 1. The molecule has 1 aromatic heterocycles. The van der Waals surface area contributed by atoms with Gasteiger partial charge >= 0.3 is 19.8 Å². The van der Waals surface area contributed by atoms with Crippen molar-refractivity contribution in [3.8, 4) is 11.5 Å². The Morgan fingerprint density at radius 1 is 0.808 bits per heavy atom. The van der Waals surface area contributed by atoms with Gasteiger partial charge in [-0.25, -0.2) is 14.2 Å². The summed E-state index contributed by atoms with van der Waals surface area (Å²) in [6.45, 7) is 5.72. The molecule has 2 heterocycles. The normalized spacial score (nSPS) is 15.1. The molecule has 2 amide bonds. The van der Waals surface area contributed by atoms with Crippen molar-refractivity contribution in [1.29, 1.82) is 0 Å². The summed E-state index contributed by atoms with van der Waals surface area (Å²) in [6.07, 6.45) is 1.30. The number of rotatable bonds is 11. The van der Waals surface area contributed by atoms with E-state index < -0.39 is 43.1 Å². The fraction of sp³-hybridized carbons (Fsp3) is 0.275. The molecule has 11 nitrogen and oxygen atoms in total. The Balaban J connectivity index is 1.36. The molecule has 2 atom stereocenters. The summed E-state index contributed by atoms with van der Waals surface area (Å²) in [5, 5.41) is 3.65. The van der Waals surface area contributed by atoms with Crippen molar-refractivity contribution in [1.82, 2.24) is 14.8 Å². The molecule has 0 aliphatic carbocycles. The molecule has 0 bridgehead atoms. The lowest BCUT2D eigenvalue weighted by molar-refractivity contribution is -0.125. The molecular weight excluding hydrogens is 681 g/mol. The number of likely N-dealkylation sites (tertiary alicyclic amines) is 1. The molecular formula is C40H42N3O8P. The average molecular weight is 724 g/mol. The number of hydrogen-bond acceptors (Lipinski definition) is 8. The molecule has 4 aromatic carbocycles. The zero-order chi connectivity index (χ0) is 36.7. The number of benzene rings is 4. The second-order valence-corrected chi connectivity index (χ2v) is 15.6. The fourth-order valence-electron chi connectivity index (χ4n) is 6.05. The molecule has 1 fully saturated rings. The van der Waals surface area contributed by atoms with Crippen molar-refractivity contribution in [3.05, 3.63) is 133 Å². The lowest BCUT2D eigenvalue weighted by Gasteiger charge is -2.30. The van der Waals surface area contributed by atoms with Crippen LogP contribution >= 0.6 is 7.60 Å². The highest BCUT2D eigenvalue weighted by Gasteiger charge is 2.44. The summed E-state index contributed by atoms with van der Waals surface area (Å²) in [5.41, 5.74) is 1.23. The lowest BCUT2D eigenvalue weighted by Crippen LogP contribution is -2.50. The number of aromatic nitrogens is 1. The number of carbonyl (C=O) groups excluding carboxylic acids is 3. The van der Waals surface area contributed by atoms with Crippen LogP contribution in [-0.4, -0.2) is 51.5 Å². The van der Waals surface area contributed by atoms with Crippen molar-refractivity contribution in [2.24, 2.45) is 0 Å². The minimum atomic E-state index is -4.35. The largest absolute Gasteiger partial charge is 0.453 e. The van der Waals surface area contributed by atoms with Gasteiger partial charge in [-0.15, -0.1) is 0 Å². The fourth-order valence-corrected chi connectivity index (χ4v) is 7.88. The number of ether oxygens (including phenoxy) is 2. The van der Waals surface area contributed by atoms with Crippen LogP contribution in [0.1, 0.15) is 44.7 Å². The third-order valence-corrected chi connectivity index (χ3v) is 10.4. The van der Waals surface area contributed by atoms with Crippen LogP contribution in [0.2, 0.25) is 0 Å². The topological polar surface area (TPSA) is 125 Å². The van der Waals surface area contributed by atoms with E-state index in [-0.39, 0.29) is 24.5 Å². The van der Waals surface area contributed by atoms with Crippen LogP contribution in [0.3, 0.4) is 0 Å². The molecule has 6 rings (SSSR count). The van der Waals surface area contributed by atoms with Crippen LogP contribution in [0.15, 0.2) is 121 Å². The Bertz CT molecular complexity index is 2000. The van der Waals surface area contributed by atoms with Gasteiger partial charge in [-0.2, -0.15) is 0 Å². The molecule has 0 radical (unpaired) electrons. The molecule has 270 valence electrons. The molecule has 1 N–H and O–H groups in total. The number of nitrogens with one attached hydrogen (secondary N) is 1. The maximum atomic E-state index is 15.3. The Labute approximate surface area is 303 Å². The molecule has 1 unspecified atom stereocenters. The molecule has 0 spiro atoms. The molecule has 52 heavy (non-hydrogen) atoms. The maximum Gasteiger partial charge on any atom is 0.453 e. The van der Waals surface area contributed by atoms with Crippen molar-refractivity contribution < 1.29 is 37.5 Å². The lowest BCUT2D eigenvalue weighted by atomic mass is 10.1. The Morgan fingerprint density at radius 2 is 1.38 bits per heavy atom. The van der Waals surface area contributed by atoms with E-state index in [1.165, 1.54) is 9.47 Å². The molecule has 5 aromatic rings. The molecule has 1 aliphatic heterocycles. The van der Waals surface area contributed by atoms with E-state index in [1.807, 2.05) is 42.5 Å². The number of amides is 2. The first-order valence-corrected chi connectivity index (χ1v) is 18.8. The predicted molar refractivity (Wildman–Crippen MR) is 197 cm³/mol. The van der Waals surface area contributed by atoms with Gasteiger partial charge < -0.3 is 23.8 Å². The van der Waals surface area contributed by atoms with Crippen LogP contribution in [-0.2, 0) is 31.9 Å². The van der Waals surface area contributed by atoms with Crippen molar-refractivity contribution >= 4 is 36.6 Å². The van der Waals surface area contributed by atoms with Crippen LogP contribution in [0.4, 0.5) is 9.59 Å². The van der Waals surface area contributed by atoms with E-state index >= 15 is 4.57 Å². The number of para-hydroxylation sites is 3. The number of carbonyl (C=O) groups is 3. The van der Waals surface area contributed by atoms with Gasteiger partial charge in [0.2, 0.25) is 5.91 Å².